The van der Waals surface area contributed by atoms with Gasteiger partial charge in [-0.3, -0.25) is 4.84 Å². The summed E-state index contributed by atoms with van der Waals surface area (Å²) >= 11 is 0. The van der Waals surface area contributed by atoms with Crippen molar-refractivity contribution in [2.75, 3.05) is 6.54 Å². The van der Waals surface area contributed by atoms with Gasteiger partial charge in [0.25, 0.3) is 0 Å². The van der Waals surface area contributed by atoms with Crippen molar-refractivity contribution in [3.63, 3.8) is 0 Å². The molecule has 0 spiro atoms. The number of halogens is 1. The van der Waals surface area contributed by atoms with Crippen LogP contribution in [0, 0.1) is 0 Å². The highest BCUT2D eigenvalue weighted by molar-refractivity contribution is 7.61. The van der Waals surface area contributed by atoms with E-state index in [9.17, 15) is 13.5 Å². The Bertz CT molecular complexity index is 847. The Labute approximate surface area is 174 Å². The summed E-state index contributed by atoms with van der Waals surface area (Å²) in [7, 11) is -2.71. The van der Waals surface area contributed by atoms with Crippen LogP contribution in [0.3, 0.4) is 0 Å². The molecule has 2 aromatic carbocycles. The Hall–Kier alpha value is -1.77. The molecule has 0 bridgehead atoms. The Morgan fingerprint density at radius 1 is 1.04 bits per heavy atom. The minimum absolute atomic E-state index is 0. The van der Waals surface area contributed by atoms with Gasteiger partial charge in [-0.05, 0) is 31.9 Å². The van der Waals surface area contributed by atoms with Gasteiger partial charge in [0.2, 0.25) is 0 Å². The molecule has 0 aliphatic rings. The van der Waals surface area contributed by atoms with Crippen LogP contribution in [0.4, 0.5) is 0 Å². The van der Waals surface area contributed by atoms with Crippen molar-refractivity contribution in [1.82, 2.24) is 5.48 Å². The molecular formula is C20H27ClN2O4S. The quantitative estimate of drug-likeness (QED) is 0.632. The van der Waals surface area contributed by atoms with E-state index in [1.54, 1.807) is 24.3 Å². The lowest BCUT2D eigenvalue weighted by Crippen LogP contribution is -2.47. The zero-order chi connectivity index (χ0) is 19.9. The fraction of sp³-hybridized carbons (Fsp3) is 0.400. The maximum atomic E-state index is 11.6. The Morgan fingerprint density at radius 2 is 1.57 bits per heavy atom. The second-order valence-electron chi connectivity index (χ2n) is 7.34. The molecule has 28 heavy (non-hydrogen) atoms. The van der Waals surface area contributed by atoms with Gasteiger partial charge in [-0.25, -0.2) is 0 Å². The van der Waals surface area contributed by atoms with E-state index >= 15 is 0 Å². The number of hydrogen-bond donors (Lipinski definition) is 2. The van der Waals surface area contributed by atoms with E-state index in [-0.39, 0.29) is 25.4 Å². The number of aliphatic hydroxyl groups excluding tert-OH is 1. The van der Waals surface area contributed by atoms with Crippen molar-refractivity contribution in [3.05, 3.63) is 71.8 Å². The third-order valence-corrected chi connectivity index (χ3v) is 4.51. The van der Waals surface area contributed by atoms with E-state index in [1.165, 1.54) is 0 Å². The van der Waals surface area contributed by atoms with Gasteiger partial charge >= 0.3 is 10.5 Å². The van der Waals surface area contributed by atoms with Gasteiger partial charge < -0.3 is 5.11 Å². The highest BCUT2D eigenvalue weighted by Gasteiger charge is 2.41. The van der Waals surface area contributed by atoms with Gasteiger partial charge in [-0.15, -0.1) is 12.4 Å². The molecule has 8 heteroatoms. The number of nitrogens with zero attached hydrogens (tertiary/aromatic N) is 1. The maximum Gasteiger partial charge on any atom is 0.312 e. The van der Waals surface area contributed by atoms with Crippen LogP contribution in [0.25, 0.3) is 0 Å². The second-order valence-corrected chi connectivity index (χ2v) is 7.96. The van der Waals surface area contributed by atoms with Crippen LogP contribution < -0.4 is 5.48 Å². The average Bonchev–Trinajstić information content (AvgIpc) is 2.61. The van der Waals surface area contributed by atoms with Crippen LogP contribution in [0.1, 0.15) is 31.9 Å². The van der Waals surface area contributed by atoms with Gasteiger partial charge in [-0.2, -0.15) is 18.3 Å². The number of aliphatic hydroxyl groups is 1. The lowest BCUT2D eigenvalue weighted by Gasteiger charge is -2.34. The Morgan fingerprint density at radius 3 is 2.07 bits per heavy atom. The van der Waals surface area contributed by atoms with E-state index in [1.807, 2.05) is 57.2 Å². The molecule has 0 aliphatic heterocycles. The molecule has 2 atom stereocenters. The second kappa shape index (κ2) is 10.7. The fourth-order valence-electron chi connectivity index (χ4n) is 2.83. The topological polar surface area (TPSA) is 88.0 Å². The summed E-state index contributed by atoms with van der Waals surface area (Å²) in [6.07, 6.45) is -0.912. The number of rotatable bonds is 8. The van der Waals surface area contributed by atoms with Crippen molar-refractivity contribution in [1.29, 1.82) is 0 Å². The smallest absolute Gasteiger partial charge is 0.312 e. The molecule has 2 rings (SSSR count). The van der Waals surface area contributed by atoms with Gasteiger partial charge in [0.05, 0.1) is 11.7 Å². The fourth-order valence-corrected chi connectivity index (χ4v) is 3.39. The maximum absolute atomic E-state index is 11.6. The molecule has 6 nitrogen and oxygen atoms in total. The van der Waals surface area contributed by atoms with Crippen molar-refractivity contribution < 1.29 is 18.4 Å². The zero-order valence-electron chi connectivity index (χ0n) is 16.2. The molecule has 154 valence electrons. The van der Waals surface area contributed by atoms with Gasteiger partial charge in [-0.1, -0.05) is 60.7 Å². The van der Waals surface area contributed by atoms with Crippen molar-refractivity contribution in [2.45, 2.75) is 44.4 Å². The molecule has 0 heterocycles. The van der Waals surface area contributed by atoms with Gasteiger partial charge in [0.1, 0.15) is 5.54 Å². The summed E-state index contributed by atoms with van der Waals surface area (Å²) in [5, 5.41) is 11.0. The van der Waals surface area contributed by atoms with Crippen molar-refractivity contribution in [3.8, 4) is 0 Å². The van der Waals surface area contributed by atoms with E-state index in [2.05, 4.69) is 9.84 Å². The van der Waals surface area contributed by atoms with Crippen LogP contribution in [0.2, 0.25) is 0 Å². The predicted octanol–water partition coefficient (Wildman–Crippen LogP) is 3.29. The van der Waals surface area contributed by atoms with Gasteiger partial charge in [0, 0.05) is 13.0 Å². The summed E-state index contributed by atoms with van der Waals surface area (Å²) in [4.78, 5) is 5.48. The number of nitrogens with one attached hydrogen (secondary N) is 1. The molecule has 0 unspecified atom stereocenters. The first kappa shape index (κ1) is 24.3. The summed E-state index contributed by atoms with van der Waals surface area (Å²) in [6.45, 7) is 5.63. The molecule has 0 aromatic heterocycles. The largest absolute Gasteiger partial charge is 0.389 e. The number of benzene rings is 2. The lowest BCUT2D eigenvalue weighted by atomic mass is 9.80. The van der Waals surface area contributed by atoms with Crippen molar-refractivity contribution in [2.24, 2.45) is 4.36 Å². The van der Waals surface area contributed by atoms with Crippen LogP contribution in [-0.4, -0.2) is 31.8 Å². The Kier molecular flexibility index (Phi) is 9.26. The third-order valence-electron chi connectivity index (χ3n) is 4.03. The minimum Gasteiger partial charge on any atom is -0.389 e. The molecule has 0 aliphatic carbocycles. The van der Waals surface area contributed by atoms with E-state index in [0.717, 1.165) is 5.56 Å². The summed E-state index contributed by atoms with van der Waals surface area (Å²) < 4.78 is 27.1. The molecule has 0 saturated carbocycles. The van der Waals surface area contributed by atoms with E-state index < -0.39 is 27.7 Å². The first-order valence-electron chi connectivity index (χ1n) is 8.73. The van der Waals surface area contributed by atoms with E-state index in [0.29, 0.717) is 5.56 Å². The summed E-state index contributed by atoms with van der Waals surface area (Å²) in [5.74, 6) is 0. The van der Waals surface area contributed by atoms with E-state index in [4.69, 9.17) is 4.84 Å². The predicted molar refractivity (Wildman–Crippen MR) is 112 cm³/mol. The van der Waals surface area contributed by atoms with Crippen molar-refractivity contribution >= 4 is 22.9 Å². The SMILES string of the molecule is CC(C)(C)ONC[C@@H](O)[C@@](Cc1ccccc1)(N=S(=O)=O)c1ccccc1.Cl. The highest BCUT2D eigenvalue weighted by atomic mass is 35.5. The van der Waals surface area contributed by atoms with Crippen LogP contribution in [-0.2, 0) is 27.3 Å². The normalized spacial score (nSPS) is 14.4. The molecule has 0 radical (unpaired) electrons. The van der Waals surface area contributed by atoms with Gasteiger partial charge in [0.15, 0.2) is 0 Å². The molecule has 2 N–H and O–H groups in total. The van der Waals surface area contributed by atoms with Crippen LogP contribution in [0.5, 0.6) is 0 Å². The number of hydrogen-bond acceptors (Lipinski definition) is 6. The Balaban J connectivity index is 0.00000392. The first-order chi connectivity index (χ1) is 12.7. The highest BCUT2D eigenvalue weighted by Crippen LogP contribution is 2.34. The molecule has 0 saturated heterocycles. The lowest BCUT2D eigenvalue weighted by molar-refractivity contribution is -0.0896. The average molecular weight is 427 g/mol. The first-order valence-corrected chi connectivity index (χ1v) is 9.77. The van der Waals surface area contributed by atoms with Crippen LogP contribution >= 0.6 is 12.4 Å². The molecule has 2 aromatic rings. The summed E-state index contributed by atoms with van der Waals surface area (Å²) in [5.41, 5.74) is 2.41. The molecule has 0 fully saturated rings. The third kappa shape index (κ3) is 7.00. The minimum atomic E-state index is -2.71. The monoisotopic (exact) mass is 426 g/mol. The zero-order valence-corrected chi connectivity index (χ0v) is 17.8. The summed E-state index contributed by atoms with van der Waals surface area (Å²) in [6, 6.07) is 18.3. The number of hydroxylamine groups is 1. The van der Waals surface area contributed by atoms with Crippen LogP contribution in [0.15, 0.2) is 65.0 Å². The standard InChI is InChI=1S/C20H26N2O4S.ClH/c1-19(2,3)26-21-15-18(23)20(22-27(24)25,17-12-8-5-9-13-17)14-16-10-6-4-7-11-16;/h4-13,18,21,23H,14-15H2,1-3H3;1H/t18-,20+;/m1./s1. The molecule has 0 amide bonds. The molecular weight excluding hydrogens is 400 g/mol.